The van der Waals surface area contributed by atoms with Crippen molar-refractivity contribution in [1.29, 1.82) is 0 Å². The van der Waals surface area contributed by atoms with Crippen LogP contribution in [0.4, 0.5) is 22.2 Å². The molecule has 0 spiro atoms. The quantitative estimate of drug-likeness (QED) is 0.329. The molecule has 3 aromatic rings. The number of nitrogens with zero attached hydrogens (tertiary/aromatic N) is 5. The number of nitrogens with one attached hydrogen (secondary N) is 2. The molecule has 14 heteroatoms. The number of benzene rings is 1. The van der Waals surface area contributed by atoms with Crippen molar-refractivity contribution >= 4 is 52.0 Å². The summed E-state index contributed by atoms with van der Waals surface area (Å²) in [6.07, 6.45) is 4.87. The molecule has 2 fully saturated rings. The van der Waals surface area contributed by atoms with Crippen molar-refractivity contribution in [2.24, 2.45) is 0 Å². The number of halogens is 1. The maximum Gasteiger partial charge on any atom is 0.410 e. The lowest BCUT2D eigenvalue weighted by Gasteiger charge is -2.37. The SMILES string of the molecule is CCn1c(=O)c(OCC(=O)NC)cc2cc(Nc3nc(N4CCC(OC5CCN(C(=O)OC(C)(C)C)CC5)CC4)ncc3Cl)ccc21. The lowest BCUT2D eigenvalue weighted by molar-refractivity contribution is -0.122. The summed E-state index contributed by atoms with van der Waals surface area (Å²) < 4.78 is 19.1. The number of piperidine rings is 2. The number of amides is 2. The Morgan fingerprint density at radius 1 is 1.04 bits per heavy atom. The first-order valence-corrected chi connectivity index (χ1v) is 16.5. The van der Waals surface area contributed by atoms with E-state index < -0.39 is 5.60 Å². The molecule has 2 N–H and O–H groups in total. The number of likely N-dealkylation sites (N-methyl/N-ethyl adjacent to an activating group) is 1. The van der Waals surface area contributed by atoms with Crippen LogP contribution in [-0.2, 0) is 20.8 Å². The number of ether oxygens (including phenoxy) is 3. The first-order chi connectivity index (χ1) is 22.4. The molecule has 2 aliphatic heterocycles. The molecule has 2 saturated heterocycles. The fraction of sp³-hybridized carbons (Fsp3) is 0.545. The van der Waals surface area contributed by atoms with Gasteiger partial charge in [-0.15, -0.1) is 0 Å². The molecule has 2 aliphatic rings. The van der Waals surface area contributed by atoms with Crippen molar-refractivity contribution in [2.45, 2.75) is 77.7 Å². The lowest BCUT2D eigenvalue weighted by Crippen LogP contribution is -2.45. The third kappa shape index (κ3) is 8.63. The fourth-order valence-corrected chi connectivity index (χ4v) is 5.91. The number of hydrogen-bond acceptors (Lipinski definition) is 10. The summed E-state index contributed by atoms with van der Waals surface area (Å²) in [7, 11) is 1.51. The summed E-state index contributed by atoms with van der Waals surface area (Å²) in [6.45, 7) is 10.4. The molecule has 0 unspecified atom stereocenters. The number of aryl methyl sites for hydroxylation is 1. The van der Waals surface area contributed by atoms with Crippen LogP contribution in [0.5, 0.6) is 5.75 Å². The molecule has 0 aliphatic carbocycles. The van der Waals surface area contributed by atoms with Gasteiger partial charge in [-0.25, -0.2) is 9.78 Å². The summed E-state index contributed by atoms with van der Waals surface area (Å²) in [4.78, 5) is 50.2. The van der Waals surface area contributed by atoms with Crippen LogP contribution >= 0.6 is 11.6 Å². The van der Waals surface area contributed by atoms with E-state index in [0.29, 0.717) is 42.1 Å². The molecule has 254 valence electrons. The van der Waals surface area contributed by atoms with Crippen LogP contribution in [0.1, 0.15) is 53.4 Å². The fourth-order valence-electron chi connectivity index (χ4n) is 5.77. The summed E-state index contributed by atoms with van der Waals surface area (Å²) in [5.41, 5.74) is 0.652. The lowest BCUT2D eigenvalue weighted by atomic mass is 10.0. The van der Waals surface area contributed by atoms with E-state index in [1.165, 1.54) is 7.05 Å². The van der Waals surface area contributed by atoms with Crippen LogP contribution in [0.3, 0.4) is 0 Å². The summed E-state index contributed by atoms with van der Waals surface area (Å²) in [5, 5.41) is 6.91. The van der Waals surface area contributed by atoms with Gasteiger partial charge in [-0.3, -0.25) is 9.59 Å². The van der Waals surface area contributed by atoms with E-state index in [-0.39, 0.29) is 42.1 Å². The van der Waals surface area contributed by atoms with E-state index in [0.717, 1.165) is 49.7 Å². The Morgan fingerprint density at radius 3 is 2.36 bits per heavy atom. The van der Waals surface area contributed by atoms with Crippen LogP contribution < -0.4 is 25.8 Å². The number of likely N-dealkylation sites (tertiary alicyclic amines) is 1. The second-order valence-corrected chi connectivity index (χ2v) is 13.2. The van der Waals surface area contributed by atoms with Crippen LogP contribution in [0.25, 0.3) is 10.9 Å². The van der Waals surface area contributed by atoms with Gasteiger partial charge in [0.15, 0.2) is 18.2 Å². The Bertz CT molecular complexity index is 1640. The third-order valence-electron chi connectivity index (χ3n) is 8.21. The number of rotatable bonds is 9. The second kappa shape index (κ2) is 14.8. The maximum atomic E-state index is 12.9. The van der Waals surface area contributed by atoms with Gasteiger partial charge in [0.05, 0.1) is 23.9 Å². The monoisotopic (exact) mass is 669 g/mol. The topological polar surface area (TPSA) is 140 Å². The van der Waals surface area contributed by atoms with Crippen molar-refractivity contribution in [1.82, 2.24) is 24.8 Å². The number of aromatic nitrogens is 3. The van der Waals surface area contributed by atoms with E-state index in [1.807, 2.05) is 45.9 Å². The molecule has 2 aromatic heterocycles. The minimum Gasteiger partial charge on any atom is -0.478 e. The summed E-state index contributed by atoms with van der Waals surface area (Å²) >= 11 is 6.51. The van der Waals surface area contributed by atoms with Gasteiger partial charge in [0.2, 0.25) is 5.95 Å². The van der Waals surface area contributed by atoms with E-state index in [9.17, 15) is 14.4 Å². The number of carbonyl (C=O) groups is 2. The molecule has 1 aromatic carbocycles. The van der Waals surface area contributed by atoms with E-state index in [4.69, 9.17) is 30.8 Å². The van der Waals surface area contributed by atoms with Gasteiger partial charge in [0, 0.05) is 50.8 Å². The van der Waals surface area contributed by atoms with E-state index in [2.05, 4.69) is 20.5 Å². The van der Waals surface area contributed by atoms with Gasteiger partial charge in [-0.2, -0.15) is 4.98 Å². The van der Waals surface area contributed by atoms with Crippen LogP contribution in [-0.4, -0.2) is 89.1 Å². The Labute approximate surface area is 279 Å². The number of carbonyl (C=O) groups excluding carboxylic acids is 2. The minimum absolute atomic E-state index is 0.0982. The maximum absolute atomic E-state index is 12.9. The largest absolute Gasteiger partial charge is 0.478 e. The standard InChI is InChI=1S/C33H44ClN7O6/c1-6-41-26-8-7-22(17-21(26)18-27(30(41)43)45-20-28(42)35-5)37-29-25(34)19-36-31(38-29)39-13-9-23(10-14-39)46-24-11-15-40(16-12-24)32(44)47-33(2,3)4/h7-8,17-19,23-24H,6,9-16,20H2,1-5H3,(H,35,42)(H,36,37,38). The Balaban J connectivity index is 1.19. The van der Waals surface area contributed by atoms with Gasteiger partial charge in [-0.05, 0) is 77.6 Å². The highest BCUT2D eigenvalue weighted by molar-refractivity contribution is 6.32. The van der Waals surface area contributed by atoms with E-state index >= 15 is 0 Å². The number of hydrogen-bond donors (Lipinski definition) is 2. The molecular formula is C33H44ClN7O6. The molecule has 47 heavy (non-hydrogen) atoms. The Kier molecular flexibility index (Phi) is 10.8. The van der Waals surface area contributed by atoms with Crippen molar-refractivity contribution < 1.29 is 23.8 Å². The van der Waals surface area contributed by atoms with Gasteiger partial charge in [0.1, 0.15) is 10.6 Å². The zero-order chi connectivity index (χ0) is 33.7. The predicted octanol–water partition coefficient (Wildman–Crippen LogP) is 4.72. The zero-order valence-electron chi connectivity index (χ0n) is 27.7. The van der Waals surface area contributed by atoms with Crippen LogP contribution in [0, 0.1) is 0 Å². The summed E-state index contributed by atoms with van der Waals surface area (Å²) in [5.74, 6) is 0.810. The molecule has 13 nitrogen and oxygen atoms in total. The first kappa shape index (κ1) is 34.2. The molecule has 0 radical (unpaired) electrons. The average molecular weight is 670 g/mol. The molecule has 0 bridgehead atoms. The smallest absolute Gasteiger partial charge is 0.410 e. The minimum atomic E-state index is -0.502. The Hall–Kier alpha value is -4.10. The highest BCUT2D eigenvalue weighted by Gasteiger charge is 2.30. The number of fused-ring (bicyclic) bond motifs is 1. The first-order valence-electron chi connectivity index (χ1n) is 16.1. The molecule has 0 saturated carbocycles. The van der Waals surface area contributed by atoms with E-state index in [1.54, 1.807) is 21.7 Å². The third-order valence-corrected chi connectivity index (χ3v) is 8.49. The molecule has 2 amide bonds. The average Bonchev–Trinajstić information content (AvgIpc) is 3.04. The van der Waals surface area contributed by atoms with Crippen molar-refractivity contribution in [3.63, 3.8) is 0 Å². The zero-order valence-corrected chi connectivity index (χ0v) is 28.4. The van der Waals surface area contributed by atoms with Crippen molar-refractivity contribution in [3.05, 3.63) is 45.8 Å². The normalized spacial score (nSPS) is 16.3. The molecule has 0 atom stereocenters. The van der Waals surface area contributed by atoms with Crippen LogP contribution in [0.2, 0.25) is 5.02 Å². The highest BCUT2D eigenvalue weighted by atomic mass is 35.5. The molecular weight excluding hydrogens is 626 g/mol. The number of pyridine rings is 1. The second-order valence-electron chi connectivity index (χ2n) is 12.8. The van der Waals surface area contributed by atoms with Gasteiger partial charge in [-0.1, -0.05) is 11.6 Å². The highest BCUT2D eigenvalue weighted by Crippen LogP contribution is 2.29. The van der Waals surface area contributed by atoms with Crippen LogP contribution in [0.15, 0.2) is 35.3 Å². The van der Waals surface area contributed by atoms with Gasteiger partial charge < -0.3 is 39.2 Å². The predicted molar refractivity (Wildman–Crippen MR) is 181 cm³/mol. The van der Waals surface area contributed by atoms with Gasteiger partial charge in [0.25, 0.3) is 11.5 Å². The van der Waals surface area contributed by atoms with Crippen molar-refractivity contribution in [3.8, 4) is 5.75 Å². The number of anilines is 3. The van der Waals surface area contributed by atoms with Crippen molar-refractivity contribution in [2.75, 3.05) is 50.1 Å². The molecule has 4 heterocycles. The Morgan fingerprint density at radius 2 is 1.72 bits per heavy atom. The summed E-state index contributed by atoms with van der Waals surface area (Å²) in [6, 6.07) is 7.24. The van der Waals surface area contributed by atoms with Gasteiger partial charge >= 0.3 is 6.09 Å². The molecule has 5 rings (SSSR count).